The first kappa shape index (κ1) is 13.8. The van der Waals surface area contributed by atoms with Crippen LogP contribution in [0.25, 0.3) is 5.69 Å². The molecule has 2 aromatic carbocycles. The molecule has 0 aliphatic carbocycles. The van der Waals surface area contributed by atoms with Crippen molar-refractivity contribution in [3.05, 3.63) is 72.6 Å². The predicted octanol–water partition coefficient (Wildman–Crippen LogP) is 4.21. The van der Waals surface area contributed by atoms with Gasteiger partial charge in [-0.25, -0.2) is 4.68 Å². The van der Waals surface area contributed by atoms with Crippen LogP contribution in [0.3, 0.4) is 0 Å². The molecule has 0 fully saturated rings. The van der Waals surface area contributed by atoms with Gasteiger partial charge in [-0.1, -0.05) is 18.2 Å². The highest BCUT2D eigenvalue weighted by molar-refractivity contribution is 7.98. The Morgan fingerprint density at radius 2 is 1.81 bits per heavy atom. The molecule has 3 aromatic rings. The summed E-state index contributed by atoms with van der Waals surface area (Å²) >= 11 is 1.75. The molecule has 3 rings (SSSR count). The number of aromatic nitrogens is 2. The van der Waals surface area contributed by atoms with Crippen molar-refractivity contribution < 1.29 is 0 Å². The third kappa shape index (κ3) is 3.47. The summed E-state index contributed by atoms with van der Waals surface area (Å²) in [5.74, 6) is 0. The third-order valence-corrected chi connectivity index (χ3v) is 3.99. The van der Waals surface area contributed by atoms with Crippen LogP contribution in [0.2, 0.25) is 0 Å². The van der Waals surface area contributed by atoms with Crippen LogP contribution in [-0.4, -0.2) is 16.0 Å². The molecule has 0 unspecified atom stereocenters. The Kier molecular flexibility index (Phi) is 4.26. The summed E-state index contributed by atoms with van der Waals surface area (Å²) in [5.41, 5.74) is 3.36. The molecule has 0 radical (unpaired) electrons. The van der Waals surface area contributed by atoms with Crippen LogP contribution >= 0.6 is 11.8 Å². The first-order valence-electron chi connectivity index (χ1n) is 6.82. The minimum absolute atomic E-state index is 0.769. The fourth-order valence-electron chi connectivity index (χ4n) is 2.09. The molecule has 0 atom stereocenters. The van der Waals surface area contributed by atoms with Gasteiger partial charge in [-0.2, -0.15) is 5.10 Å². The van der Waals surface area contributed by atoms with Crippen molar-refractivity contribution in [2.45, 2.75) is 11.4 Å². The van der Waals surface area contributed by atoms with Gasteiger partial charge in [0.2, 0.25) is 0 Å². The van der Waals surface area contributed by atoms with Crippen molar-refractivity contribution in [3.63, 3.8) is 0 Å². The van der Waals surface area contributed by atoms with E-state index in [-0.39, 0.29) is 0 Å². The summed E-state index contributed by atoms with van der Waals surface area (Å²) in [7, 11) is 0. The van der Waals surface area contributed by atoms with Crippen molar-refractivity contribution in [1.29, 1.82) is 0 Å². The van der Waals surface area contributed by atoms with Gasteiger partial charge in [0.05, 0.1) is 11.9 Å². The molecule has 0 saturated heterocycles. The number of nitrogens with zero attached hydrogens (tertiary/aromatic N) is 2. The number of para-hydroxylation sites is 1. The quantitative estimate of drug-likeness (QED) is 0.715. The van der Waals surface area contributed by atoms with Gasteiger partial charge in [0.1, 0.15) is 0 Å². The Labute approximate surface area is 129 Å². The highest BCUT2D eigenvalue weighted by Crippen LogP contribution is 2.18. The number of anilines is 1. The molecule has 0 aliphatic heterocycles. The molecule has 1 heterocycles. The summed E-state index contributed by atoms with van der Waals surface area (Å²) in [6, 6.07) is 18.6. The van der Waals surface area contributed by atoms with Crippen molar-refractivity contribution in [2.24, 2.45) is 0 Å². The largest absolute Gasteiger partial charge is 0.381 e. The van der Waals surface area contributed by atoms with Crippen LogP contribution in [0.4, 0.5) is 5.69 Å². The van der Waals surface area contributed by atoms with E-state index in [1.54, 1.807) is 11.8 Å². The zero-order chi connectivity index (χ0) is 14.5. The molecule has 0 spiro atoms. The van der Waals surface area contributed by atoms with E-state index >= 15 is 0 Å². The average molecular weight is 295 g/mol. The molecule has 106 valence electrons. The summed E-state index contributed by atoms with van der Waals surface area (Å²) in [4.78, 5) is 1.28. The molecule has 4 heteroatoms. The van der Waals surface area contributed by atoms with Crippen LogP contribution in [0.1, 0.15) is 5.56 Å². The lowest BCUT2D eigenvalue weighted by Crippen LogP contribution is -1.98. The average Bonchev–Trinajstić information content (AvgIpc) is 3.03. The molecule has 1 aromatic heterocycles. The van der Waals surface area contributed by atoms with E-state index in [0.717, 1.165) is 23.5 Å². The molecule has 0 aliphatic rings. The van der Waals surface area contributed by atoms with Crippen molar-refractivity contribution in [1.82, 2.24) is 9.78 Å². The fourth-order valence-corrected chi connectivity index (χ4v) is 2.49. The van der Waals surface area contributed by atoms with Crippen molar-refractivity contribution in [3.8, 4) is 5.69 Å². The molecule has 21 heavy (non-hydrogen) atoms. The zero-order valence-electron chi connectivity index (χ0n) is 11.9. The molecule has 0 saturated carbocycles. The summed E-state index contributed by atoms with van der Waals surface area (Å²) in [6.07, 6.45) is 6.04. The molecular formula is C17H17N3S. The standard InChI is InChI=1S/C17H17N3S/c1-21-17-9-7-15(8-10-17)18-11-14-12-19-20(13-14)16-5-3-2-4-6-16/h2-10,12-13,18H,11H2,1H3. The molecule has 0 amide bonds. The first-order valence-corrected chi connectivity index (χ1v) is 8.04. The van der Waals surface area contributed by atoms with Gasteiger partial charge in [-0.05, 0) is 42.7 Å². The minimum Gasteiger partial charge on any atom is -0.381 e. The second-order valence-corrected chi connectivity index (χ2v) is 5.59. The number of benzene rings is 2. The number of rotatable bonds is 5. The predicted molar refractivity (Wildman–Crippen MR) is 89.1 cm³/mol. The SMILES string of the molecule is CSc1ccc(NCc2cnn(-c3ccccc3)c2)cc1. The Morgan fingerprint density at radius 3 is 2.52 bits per heavy atom. The third-order valence-electron chi connectivity index (χ3n) is 3.24. The second kappa shape index (κ2) is 6.50. The van der Waals surface area contributed by atoms with E-state index < -0.39 is 0 Å². The molecule has 3 nitrogen and oxygen atoms in total. The maximum absolute atomic E-state index is 4.40. The van der Waals surface area contributed by atoms with Gasteiger partial charge >= 0.3 is 0 Å². The molecular weight excluding hydrogens is 278 g/mol. The summed E-state index contributed by atoms with van der Waals surface area (Å²) in [5, 5.41) is 7.81. The van der Waals surface area contributed by atoms with Crippen LogP contribution in [0.5, 0.6) is 0 Å². The van der Waals surface area contributed by atoms with E-state index in [2.05, 4.69) is 47.1 Å². The smallest absolute Gasteiger partial charge is 0.0645 e. The van der Waals surface area contributed by atoms with Crippen LogP contribution in [0, 0.1) is 0 Å². The number of thioether (sulfide) groups is 1. The number of hydrogen-bond acceptors (Lipinski definition) is 3. The van der Waals surface area contributed by atoms with Gasteiger partial charge < -0.3 is 5.32 Å². The highest BCUT2D eigenvalue weighted by Gasteiger charge is 2.00. The second-order valence-electron chi connectivity index (χ2n) is 4.71. The number of hydrogen-bond donors (Lipinski definition) is 1. The van der Waals surface area contributed by atoms with Gasteiger partial charge in [-0.3, -0.25) is 0 Å². The zero-order valence-corrected chi connectivity index (χ0v) is 12.7. The summed E-state index contributed by atoms with van der Waals surface area (Å²) in [6.45, 7) is 0.769. The van der Waals surface area contributed by atoms with Crippen LogP contribution in [0.15, 0.2) is 71.9 Å². The maximum Gasteiger partial charge on any atom is 0.0645 e. The Morgan fingerprint density at radius 1 is 1.05 bits per heavy atom. The Hall–Kier alpha value is -2.20. The van der Waals surface area contributed by atoms with Crippen molar-refractivity contribution >= 4 is 17.4 Å². The van der Waals surface area contributed by atoms with E-state index in [1.807, 2.05) is 41.2 Å². The normalized spacial score (nSPS) is 10.5. The monoisotopic (exact) mass is 295 g/mol. The van der Waals surface area contributed by atoms with E-state index in [0.29, 0.717) is 0 Å². The molecule has 0 bridgehead atoms. The van der Waals surface area contributed by atoms with Gasteiger partial charge in [0.15, 0.2) is 0 Å². The van der Waals surface area contributed by atoms with Crippen molar-refractivity contribution in [2.75, 3.05) is 11.6 Å². The Bertz CT molecular complexity index is 690. The summed E-state index contributed by atoms with van der Waals surface area (Å²) < 4.78 is 1.90. The van der Waals surface area contributed by atoms with E-state index in [9.17, 15) is 0 Å². The number of nitrogens with one attached hydrogen (secondary N) is 1. The Balaban J connectivity index is 1.64. The topological polar surface area (TPSA) is 29.9 Å². The minimum atomic E-state index is 0.769. The van der Waals surface area contributed by atoms with Gasteiger partial charge in [0.25, 0.3) is 0 Å². The highest BCUT2D eigenvalue weighted by atomic mass is 32.2. The fraction of sp³-hybridized carbons (Fsp3) is 0.118. The molecule has 1 N–H and O–H groups in total. The van der Waals surface area contributed by atoms with Gasteiger partial charge in [0, 0.05) is 28.9 Å². The maximum atomic E-state index is 4.40. The lowest BCUT2D eigenvalue weighted by molar-refractivity contribution is 0.880. The van der Waals surface area contributed by atoms with Crippen LogP contribution < -0.4 is 5.32 Å². The lowest BCUT2D eigenvalue weighted by Gasteiger charge is -2.05. The van der Waals surface area contributed by atoms with E-state index in [4.69, 9.17) is 0 Å². The first-order chi connectivity index (χ1) is 10.3. The lowest BCUT2D eigenvalue weighted by atomic mass is 10.3. The van der Waals surface area contributed by atoms with E-state index in [1.165, 1.54) is 4.90 Å². The van der Waals surface area contributed by atoms with Crippen LogP contribution in [-0.2, 0) is 6.54 Å². The van der Waals surface area contributed by atoms with Gasteiger partial charge in [-0.15, -0.1) is 11.8 Å².